The van der Waals surface area contributed by atoms with Crippen LogP contribution in [0.5, 0.6) is 5.75 Å². The highest BCUT2D eigenvalue weighted by molar-refractivity contribution is 5.96. The van der Waals surface area contributed by atoms with E-state index in [0.29, 0.717) is 24.3 Å². The summed E-state index contributed by atoms with van der Waals surface area (Å²) in [6.07, 6.45) is 1.53. The Hall–Kier alpha value is -2.82. The molecule has 2 bridgehead atoms. The molecule has 2 aromatic rings. The average Bonchev–Trinajstić information content (AvgIpc) is 2.70. The molecule has 1 aliphatic carbocycles. The van der Waals surface area contributed by atoms with E-state index in [2.05, 4.69) is 43.9 Å². The number of hydrogen-bond donors (Lipinski definition) is 2. The van der Waals surface area contributed by atoms with Gasteiger partial charge in [-0.05, 0) is 60.4 Å². The molecule has 1 amide bonds. The van der Waals surface area contributed by atoms with Gasteiger partial charge in [0, 0.05) is 30.6 Å². The van der Waals surface area contributed by atoms with Crippen molar-refractivity contribution in [1.82, 2.24) is 4.90 Å². The number of anilines is 1. The summed E-state index contributed by atoms with van der Waals surface area (Å²) in [4.78, 5) is 19.6. The number of rotatable bonds is 3. The molecule has 5 heteroatoms. The second-order valence-corrected chi connectivity index (χ2v) is 8.97. The SMILES string of the molecule is C=Nc1ccc(C(=O)N2CCC3(C)c4cccc(O)c4CC2C3(C)C)cc1NC. The maximum absolute atomic E-state index is 13.5. The molecule has 2 unspecified atom stereocenters. The molecule has 0 spiro atoms. The number of likely N-dealkylation sites (tertiary alicyclic amines) is 1. The number of fused-ring (bicyclic) bond motifs is 4. The number of hydrogen-bond acceptors (Lipinski definition) is 4. The summed E-state index contributed by atoms with van der Waals surface area (Å²) in [5.74, 6) is 0.360. The monoisotopic (exact) mass is 391 g/mol. The van der Waals surface area contributed by atoms with E-state index >= 15 is 0 Å². The first-order chi connectivity index (χ1) is 13.7. The standard InChI is InChI=1S/C24H29N3O2/c1-23(2)21-14-16-17(7-6-8-20(16)28)24(23,3)11-12-27(21)22(29)15-9-10-18(25-4)19(13-15)26-5/h6-10,13,21,26,28H,4,11-12,14H2,1-3,5H3. The summed E-state index contributed by atoms with van der Waals surface area (Å²) in [5, 5.41) is 13.6. The van der Waals surface area contributed by atoms with Gasteiger partial charge in [-0.1, -0.05) is 32.9 Å². The molecule has 29 heavy (non-hydrogen) atoms. The normalized spacial score (nSPS) is 24.6. The van der Waals surface area contributed by atoms with Gasteiger partial charge in [0.15, 0.2) is 0 Å². The van der Waals surface area contributed by atoms with E-state index in [0.717, 1.165) is 23.4 Å². The number of nitrogens with zero attached hydrogens (tertiary/aromatic N) is 2. The van der Waals surface area contributed by atoms with Gasteiger partial charge in [0.1, 0.15) is 5.75 Å². The Kier molecular flexibility index (Phi) is 4.45. The van der Waals surface area contributed by atoms with Crippen molar-refractivity contribution in [3.63, 3.8) is 0 Å². The number of phenols is 1. The Morgan fingerprint density at radius 1 is 1.28 bits per heavy atom. The van der Waals surface area contributed by atoms with E-state index < -0.39 is 0 Å². The number of nitrogens with one attached hydrogen (secondary N) is 1. The van der Waals surface area contributed by atoms with Crippen molar-refractivity contribution in [3.8, 4) is 5.75 Å². The molecule has 4 rings (SSSR count). The molecule has 2 aliphatic rings. The number of aliphatic imine (C=N–C) groups is 1. The van der Waals surface area contributed by atoms with E-state index in [1.54, 1.807) is 6.07 Å². The minimum atomic E-state index is -0.115. The molecule has 1 heterocycles. The van der Waals surface area contributed by atoms with Crippen molar-refractivity contribution in [2.75, 3.05) is 18.9 Å². The largest absolute Gasteiger partial charge is 0.508 e. The minimum absolute atomic E-state index is 0.0183. The van der Waals surface area contributed by atoms with Gasteiger partial charge in [0.25, 0.3) is 5.91 Å². The first-order valence-corrected chi connectivity index (χ1v) is 10.2. The Bertz CT molecular complexity index is 998. The molecule has 152 valence electrons. The summed E-state index contributed by atoms with van der Waals surface area (Å²) in [6.45, 7) is 11.1. The van der Waals surface area contributed by atoms with Crippen molar-refractivity contribution in [1.29, 1.82) is 0 Å². The van der Waals surface area contributed by atoms with Crippen LogP contribution in [0.2, 0.25) is 0 Å². The molecule has 0 aromatic heterocycles. The van der Waals surface area contributed by atoms with Crippen molar-refractivity contribution in [3.05, 3.63) is 53.1 Å². The van der Waals surface area contributed by atoms with Crippen LogP contribution in [-0.4, -0.2) is 42.3 Å². The van der Waals surface area contributed by atoms with Gasteiger partial charge < -0.3 is 15.3 Å². The van der Waals surface area contributed by atoms with Crippen LogP contribution in [-0.2, 0) is 11.8 Å². The lowest BCUT2D eigenvalue weighted by molar-refractivity contribution is -0.0266. The van der Waals surface area contributed by atoms with Crippen LogP contribution in [0.25, 0.3) is 0 Å². The lowest BCUT2D eigenvalue weighted by Gasteiger charge is -2.60. The van der Waals surface area contributed by atoms with Crippen LogP contribution in [0, 0.1) is 5.41 Å². The maximum Gasteiger partial charge on any atom is 0.254 e. The Morgan fingerprint density at radius 2 is 2.03 bits per heavy atom. The molecular formula is C24H29N3O2. The number of carbonyl (C=O) groups excluding carboxylic acids is 1. The summed E-state index contributed by atoms with van der Waals surface area (Å²) < 4.78 is 0. The van der Waals surface area contributed by atoms with Crippen molar-refractivity contribution in [2.45, 2.75) is 45.1 Å². The zero-order chi connectivity index (χ0) is 21.0. The molecule has 1 fully saturated rings. The smallest absolute Gasteiger partial charge is 0.254 e. The van der Waals surface area contributed by atoms with Crippen LogP contribution in [0.15, 0.2) is 41.4 Å². The van der Waals surface area contributed by atoms with Gasteiger partial charge in [0.05, 0.1) is 11.4 Å². The fraction of sp³-hybridized carbons (Fsp3) is 0.417. The second kappa shape index (κ2) is 6.61. The van der Waals surface area contributed by atoms with Crippen molar-refractivity contribution in [2.24, 2.45) is 10.4 Å². The minimum Gasteiger partial charge on any atom is -0.508 e. The third-order valence-electron chi connectivity index (χ3n) is 7.57. The van der Waals surface area contributed by atoms with E-state index in [-0.39, 0.29) is 22.8 Å². The van der Waals surface area contributed by atoms with Crippen LogP contribution >= 0.6 is 0 Å². The number of carbonyl (C=O) groups is 1. The number of aromatic hydroxyl groups is 1. The van der Waals surface area contributed by atoms with Gasteiger partial charge in [-0.3, -0.25) is 9.79 Å². The third kappa shape index (κ3) is 2.67. The molecule has 2 aromatic carbocycles. The summed E-state index contributed by atoms with van der Waals surface area (Å²) in [7, 11) is 1.81. The zero-order valence-electron chi connectivity index (χ0n) is 17.6. The van der Waals surface area contributed by atoms with Gasteiger partial charge in [0.2, 0.25) is 0 Å². The molecule has 2 atom stereocenters. The Balaban J connectivity index is 1.76. The zero-order valence-corrected chi connectivity index (χ0v) is 17.6. The molecular weight excluding hydrogens is 362 g/mol. The van der Waals surface area contributed by atoms with Crippen molar-refractivity contribution < 1.29 is 9.90 Å². The first kappa shape index (κ1) is 19.5. The van der Waals surface area contributed by atoms with Crippen LogP contribution in [0.1, 0.15) is 48.7 Å². The third-order valence-corrected chi connectivity index (χ3v) is 7.57. The summed E-state index contributed by atoms with van der Waals surface area (Å²) in [6, 6.07) is 11.3. The summed E-state index contributed by atoms with van der Waals surface area (Å²) in [5.41, 5.74) is 4.17. The maximum atomic E-state index is 13.5. The summed E-state index contributed by atoms with van der Waals surface area (Å²) >= 11 is 0. The van der Waals surface area contributed by atoms with Gasteiger partial charge in [-0.25, -0.2) is 0 Å². The van der Waals surface area contributed by atoms with E-state index in [1.807, 2.05) is 36.2 Å². The fourth-order valence-electron chi connectivity index (χ4n) is 5.34. The average molecular weight is 392 g/mol. The van der Waals surface area contributed by atoms with E-state index in [9.17, 15) is 9.90 Å². The number of benzene rings is 2. The predicted molar refractivity (Wildman–Crippen MR) is 118 cm³/mol. The molecule has 2 N–H and O–H groups in total. The van der Waals surface area contributed by atoms with Gasteiger partial charge >= 0.3 is 0 Å². The van der Waals surface area contributed by atoms with Gasteiger partial charge in [-0.15, -0.1) is 0 Å². The highest BCUT2D eigenvalue weighted by Gasteiger charge is 2.57. The number of phenolic OH excluding ortho intramolecular Hbond substituents is 1. The Labute approximate surface area is 172 Å². The molecule has 1 saturated heterocycles. The Morgan fingerprint density at radius 3 is 2.72 bits per heavy atom. The highest BCUT2D eigenvalue weighted by Crippen LogP contribution is 2.57. The topological polar surface area (TPSA) is 64.9 Å². The second-order valence-electron chi connectivity index (χ2n) is 8.97. The first-order valence-electron chi connectivity index (χ1n) is 10.2. The van der Waals surface area contributed by atoms with E-state index in [4.69, 9.17) is 0 Å². The van der Waals surface area contributed by atoms with Crippen LogP contribution < -0.4 is 5.32 Å². The van der Waals surface area contributed by atoms with Crippen LogP contribution in [0.3, 0.4) is 0 Å². The van der Waals surface area contributed by atoms with Crippen molar-refractivity contribution >= 4 is 24.0 Å². The quantitative estimate of drug-likeness (QED) is 0.756. The molecule has 5 nitrogen and oxygen atoms in total. The van der Waals surface area contributed by atoms with E-state index in [1.165, 1.54) is 5.56 Å². The highest BCUT2D eigenvalue weighted by atomic mass is 16.3. The predicted octanol–water partition coefficient (Wildman–Crippen LogP) is 4.52. The van der Waals surface area contributed by atoms with Crippen LogP contribution in [0.4, 0.5) is 11.4 Å². The lowest BCUT2D eigenvalue weighted by Crippen LogP contribution is -2.64. The molecule has 0 radical (unpaired) electrons. The lowest BCUT2D eigenvalue weighted by atomic mass is 9.51. The number of piperidine rings is 1. The fourth-order valence-corrected chi connectivity index (χ4v) is 5.34. The molecule has 0 saturated carbocycles. The molecule has 1 aliphatic heterocycles. The van der Waals surface area contributed by atoms with Gasteiger partial charge in [-0.2, -0.15) is 0 Å². The number of amides is 1.